The predicted molar refractivity (Wildman–Crippen MR) is 474 cm³/mol. The Morgan fingerprint density at radius 2 is 0.286 bits per heavy atom. The van der Waals surface area contributed by atoms with Crippen LogP contribution >= 0.6 is 0 Å². The predicted octanol–water partition coefficient (Wildman–Crippen LogP) is 29.1. The van der Waals surface area contributed by atoms with Gasteiger partial charge in [0.25, 0.3) is 0 Å². The maximum Gasteiger partial charge on any atom is 0.0547 e. The van der Waals surface area contributed by atoms with Gasteiger partial charge in [0.15, 0.2) is 0 Å². The molecule has 0 amide bonds. The van der Waals surface area contributed by atoms with E-state index in [1.54, 1.807) is 0 Å². The first kappa shape index (κ1) is 65.5. The zero-order chi connectivity index (χ0) is 74.0. The summed E-state index contributed by atoms with van der Waals surface area (Å²) in [6.07, 6.45) is 0. The number of hydrogen-bond acceptors (Lipinski definition) is 0. The number of para-hydroxylation sites is 3. The molecule has 0 saturated heterocycles. The largest absolute Gasteiger partial charge is 0.309 e. The summed E-state index contributed by atoms with van der Waals surface area (Å²) in [5, 5.41) is 9.97. The molecule has 0 spiro atoms. The van der Waals surface area contributed by atoms with Gasteiger partial charge in [-0.25, -0.2) is 0 Å². The van der Waals surface area contributed by atoms with Crippen LogP contribution in [0.25, 0.3) is 199 Å². The molecule has 0 unspecified atom stereocenters. The molecule has 0 aliphatic carbocycles. The normalized spacial score (nSPS) is 11.6. The van der Waals surface area contributed by atoms with Crippen molar-refractivity contribution in [3.8, 4) is 112 Å². The fraction of sp³-hybridized carbons (Fsp3) is 0. The maximum atomic E-state index is 2.43. The zero-order valence-corrected chi connectivity index (χ0v) is 61.4. The lowest BCUT2D eigenvalue weighted by Crippen LogP contribution is -1.95. The molecule has 0 N–H and O–H groups in total. The number of nitrogens with zero attached hydrogens (tertiary/aromatic N) is 4. The first-order chi connectivity index (χ1) is 55.5. The van der Waals surface area contributed by atoms with E-state index in [-0.39, 0.29) is 0 Å². The van der Waals surface area contributed by atoms with Crippen molar-refractivity contribution in [2.45, 2.75) is 0 Å². The Hall–Kier alpha value is -14.8. The lowest BCUT2D eigenvalue weighted by atomic mass is 9.99. The van der Waals surface area contributed by atoms with E-state index in [1.807, 2.05) is 0 Å². The second-order valence-electron chi connectivity index (χ2n) is 29.2. The number of hydrogen-bond donors (Lipinski definition) is 0. The molecule has 0 aliphatic heterocycles. The van der Waals surface area contributed by atoms with E-state index >= 15 is 0 Å². The molecule has 4 heterocycles. The molecule has 4 heteroatoms. The molecule has 524 valence electrons. The molecule has 22 aromatic rings. The lowest BCUT2D eigenvalue weighted by Gasteiger charge is -2.12. The third-order valence-corrected chi connectivity index (χ3v) is 22.6. The van der Waals surface area contributed by atoms with Crippen molar-refractivity contribution >= 4 is 87.2 Å². The molecule has 0 aliphatic rings. The lowest BCUT2D eigenvalue weighted by molar-refractivity contribution is 1.18. The molecule has 0 bridgehead atoms. The van der Waals surface area contributed by atoms with Crippen molar-refractivity contribution in [3.63, 3.8) is 0 Å². The first-order valence-electron chi connectivity index (χ1n) is 38.5. The van der Waals surface area contributed by atoms with Crippen LogP contribution in [0, 0.1) is 0 Å². The number of rotatable bonds is 12. The van der Waals surface area contributed by atoms with Gasteiger partial charge >= 0.3 is 0 Å². The van der Waals surface area contributed by atoms with E-state index in [0.29, 0.717) is 0 Å². The van der Waals surface area contributed by atoms with Crippen LogP contribution in [0.3, 0.4) is 0 Å². The van der Waals surface area contributed by atoms with E-state index in [9.17, 15) is 0 Å². The molecule has 18 aromatic carbocycles. The quantitative estimate of drug-likeness (QED) is 0.116. The van der Waals surface area contributed by atoms with Crippen LogP contribution in [-0.4, -0.2) is 18.3 Å². The molecule has 112 heavy (non-hydrogen) atoms. The highest BCUT2D eigenvalue weighted by Gasteiger charge is 2.21. The van der Waals surface area contributed by atoms with Crippen LogP contribution in [0.5, 0.6) is 0 Å². The molecule has 22 rings (SSSR count). The molecule has 0 atom stereocenters. The van der Waals surface area contributed by atoms with Gasteiger partial charge in [0, 0.05) is 65.8 Å². The monoisotopic (exact) mass is 1420 g/mol. The van der Waals surface area contributed by atoms with E-state index in [2.05, 4.69) is 455 Å². The van der Waals surface area contributed by atoms with Crippen molar-refractivity contribution in [1.29, 1.82) is 0 Å². The van der Waals surface area contributed by atoms with Gasteiger partial charge in [-0.05, 0) is 204 Å². The topological polar surface area (TPSA) is 19.7 Å². The molecule has 0 radical (unpaired) electrons. The average Bonchev–Trinajstić information content (AvgIpc) is 1.60. The SMILES string of the molecule is c1ccc(-c2ccc(-c3cccc(-n4c5ccccc5c5cc(-c6ccc7c8ccccc8n(-c8cccc(-c9ccccc9)c8)c7c6)ccc54)c3)cc2)cc1.c1ccc(-c2cccc(-n3c4ccc(-c5ccccc5)cc4c4cc(-c5ccc6c7ccccc7n(-c7cccc(-c8ccccc8)c7)c6c5)ccc43)c2)cc1. The summed E-state index contributed by atoms with van der Waals surface area (Å²) < 4.78 is 9.69. The van der Waals surface area contributed by atoms with Crippen LogP contribution in [0.4, 0.5) is 0 Å². The third kappa shape index (κ3) is 11.6. The Morgan fingerprint density at radius 3 is 0.616 bits per heavy atom. The third-order valence-electron chi connectivity index (χ3n) is 22.6. The van der Waals surface area contributed by atoms with Gasteiger partial charge in [0.05, 0.1) is 44.1 Å². The van der Waals surface area contributed by atoms with Crippen LogP contribution in [0.1, 0.15) is 0 Å². The van der Waals surface area contributed by atoms with Crippen LogP contribution < -0.4 is 0 Å². The minimum atomic E-state index is 1.15. The Bertz CT molecular complexity index is 7330. The van der Waals surface area contributed by atoms with Crippen molar-refractivity contribution in [3.05, 3.63) is 437 Å². The number of benzene rings is 18. The van der Waals surface area contributed by atoms with Gasteiger partial charge in [-0.3, -0.25) is 0 Å². The summed E-state index contributed by atoms with van der Waals surface area (Å²) in [6, 6.07) is 159. The van der Waals surface area contributed by atoms with Gasteiger partial charge < -0.3 is 18.3 Å². The van der Waals surface area contributed by atoms with E-state index in [1.165, 1.54) is 176 Å². The molecule has 0 saturated carbocycles. The summed E-state index contributed by atoms with van der Waals surface area (Å²) in [6.45, 7) is 0. The summed E-state index contributed by atoms with van der Waals surface area (Å²) in [5.74, 6) is 0. The molecule has 4 aromatic heterocycles. The fourth-order valence-corrected chi connectivity index (χ4v) is 17.3. The maximum absolute atomic E-state index is 2.43. The minimum Gasteiger partial charge on any atom is -0.309 e. The number of aromatic nitrogens is 4. The second kappa shape index (κ2) is 27.7. The Morgan fingerprint density at radius 1 is 0.0982 bits per heavy atom. The van der Waals surface area contributed by atoms with Crippen molar-refractivity contribution in [2.24, 2.45) is 0 Å². The van der Waals surface area contributed by atoms with Crippen LogP contribution in [-0.2, 0) is 0 Å². The number of fused-ring (bicyclic) bond motifs is 12. The van der Waals surface area contributed by atoms with E-state index in [4.69, 9.17) is 0 Å². The van der Waals surface area contributed by atoms with Crippen LogP contribution in [0.2, 0.25) is 0 Å². The summed E-state index contributed by atoms with van der Waals surface area (Å²) in [5.41, 5.74) is 33.5. The van der Waals surface area contributed by atoms with E-state index < -0.39 is 0 Å². The molecule has 0 fully saturated rings. The molecule has 4 nitrogen and oxygen atoms in total. The van der Waals surface area contributed by atoms with Gasteiger partial charge in [0.1, 0.15) is 0 Å². The summed E-state index contributed by atoms with van der Waals surface area (Å²) >= 11 is 0. The minimum absolute atomic E-state index is 1.15. The smallest absolute Gasteiger partial charge is 0.0547 e. The van der Waals surface area contributed by atoms with Gasteiger partial charge in [-0.2, -0.15) is 0 Å². The van der Waals surface area contributed by atoms with Gasteiger partial charge in [0.2, 0.25) is 0 Å². The Balaban J connectivity index is 0.000000141. The van der Waals surface area contributed by atoms with Crippen LogP contribution in [0.15, 0.2) is 437 Å². The first-order valence-corrected chi connectivity index (χ1v) is 38.5. The van der Waals surface area contributed by atoms with E-state index in [0.717, 1.165) is 22.7 Å². The summed E-state index contributed by atoms with van der Waals surface area (Å²) in [7, 11) is 0. The molecular formula is C108H72N4. The Kier molecular flexibility index (Phi) is 16.2. The zero-order valence-electron chi connectivity index (χ0n) is 61.4. The fourth-order valence-electron chi connectivity index (χ4n) is 17.3. The standard InChI is InChI=1S/2C54H36N2/c1-4-14-37(15-5-1)40-20-12-22-45(32-40)55-52-30-27-42(39-18-8-3-9-19-39)34-49(52)50-35-43(28-31-53(50)55)44-26-29-48-47-24-10-11-25-51(47)56(54(48)36-44)46-23-13-21-41(33-46)38-16-6-2-7-17-38;1-3-13-37(14-4-1)39-25-27-40(28-26-39)42-18-12-19-45(34-42)55-52-24-10-8-22-48(52)50-35-43(30-32-53(50)55)44-29-31-49-47-21-7-9-23-51(47)56(54(49)36-44)46-20-11-17-41(33-46)38-15-5-2-6-16-38/h2*1-36H. The second-order valence-corrected chi connectivity index (χ2v) is 29.2. The van der Waals surface area contributed by atoms with Crippen molar-refractivity contribution in [2.75, 3.05) is 0 Å². The highest BCUT2D eigenvalue weighted by Crippen LogP contribution is 2.44. The van der Waals surface area contributed by atoms with Crippen molar-refractivity contribution in [1.82, 2.24) is 18.3 Å². The summed E-state index contributed by atoms with van der Waals surface area (Å²) in [4.78, 5) is 0. The van der Waals surface area contributed by atoms with Gasteiger partial charge in [-0.1, -0.05) is 322 Å². The van der Waals surface area contributed by atoms with Crippen molar-refractivity contribution < 1.29 is 0 Å². The Labute approximate surface area is 649 Å². The average molecular weight is 1430 g/mol. The van der Waals surface area contributed by atoms with Gasteiger partial charge in [-0.15, -0.1) is 0 Å². The molecular weight excluding hydrogens is 1350 g/mol. The highest BCUT2D eigenvalue weighted by molar-refractivity contribution is 6.15. The highest BCUT2D eigenvalue weighted by atomic mass is 15.0.